The van der Waals surface area contributed by atoms with E-state index in [-0.39, 0.29) is 5.41 Å². The van der Waals surface area contributed by atoms with Crippen LogP contribution in [-0.2, 0) is 10.0 Å². The summed E-state index contributed by atoms with van der Waals surface area (Å²) in [6, 6.07) is 13.3. The fraction of sp³-hybridized carbons (Fsp3) is 0.444. The van der Waals surface area contributed by atoms with Crippen LogP contribution in [0, 0.1) is 5.41 Å². The van der Waals surface area contributed by atoms with Crippen molar-refractivity contribution in [2.45, 2.75) is 24.2 Å². The van der Waals surface area contributed by atoms with E-state index in [1.165, 1.54) is 0 Å². The number of piperidine rings is 1. The lowest BCUT2D eigenvalue weighted by Gasteiger charge is -2.33. The second-order valence-corrected chi connectivity index (χ2v) is 8.72. The van der Waals surface area contributed by atoms with Crippen LogP contribution in [0.25, 0.3) is 10.8 Å². The Hall–Kier alpha value is -1.43. The average molecular weight is 330 g/mol. The van der Waals surface area contributed by atoms with Gasteiger partial charge in [0.2, 0.25) is 10.0 Å². The van der Waals surface area contributed by atoms with Crippen molar-refractivity contribution in [1.82, 2.24) is 9.62 Å². The molecule has 0 atom stereocenters. The molecule has 1 N–H and O–H groups in total. The minimum atomic E-state index is -3.43. The Morgan fingerprint density at radius 2 is 1.70 bits per heavy atom. The lowest BCUT2D eigenvalue weighted by Crippen LogP contribution is -2.39. The smallest absolute Gasteiger partial charge is 0.243 e. The number of rotatable bonds is 2. The molecule has 1 spiro atoms. The van der Waals surface area contributed by atoms with Crippen LogP contribution < -0.4 is 5.32 Å². The van der Waals surface area contributed by atoms with Crippen molar-refractivity contribution in [2.75, 3.05) is 26.2 Å². The van der Waals surface area contributed by atoms with E-state index in [1.54, 1.807) is 10.4 Å². The molecular formula is C18H22N2O2S. The molecule has 2 fully saturated rings. The third-order valence-corrected chi connectivity index (χ3v) is 7.34. The van der Waals surface area contributed by atoms with E-state index in [0.29, 0.717) is 18.0 Å². The zero-order valence-electron chi connectivity index (χ0n) is 13.2. The van der Waals surface area contributed by atoms with Crippen LogP contribution in [0.4, 0.5) is 0 Å². The van der Waals surface area contributed by atoms with E-state index in [2.05, 4.69) is 5.32 Å². The Morgan fingerprint density at radius 1 is 0.957 bits per heavy atom. The minimum Gasteiger partial charge on any atom is -0.317 e. The second-order valence-electron chi connectivity index (χ2n) is 6.82. The first kappa shape index (κ1) is 15.1. The van der Waals surface area contributed by atoms with Crippen molar-refractivity contribution in [2.24, 2.45) is 5.41 Å². The van der Waals surface area contributed by atoms with Gasteiger partial charge in [-0.25, -0.2) is 8.42 Å². The van der Waals surface area contributed by atoms with Crippen molar-refractivity contribution in [3.8, 4) is 0 Å². The molecule has 23 heavy (non-hydrogen) atoms. The van der Waals surface area contributed by atoms with Gasteiger partial charge in [-0.1, -0.05) is 36.4 Å². The third-order valence-electron chi connectivity index (χ3n) is 5.43. The molecular weight excluding hydrogens is 308 g/mol. The Labute approximate surface area is 137 Å². The number of fused-ring (bicyclic) bond motifs is 1. The predicted molar refractivity (Wildman–Crippen MR) is 91.9 cm³/mol. The van der Waals surface area contributed by atoms with Crippen molar-refractivity contribution in [1.29, 1.82) is 0 Å². The topological polar surface area (TPSA) is 49.4 Å². The fourth-order valence-electron chi connectivity index (χ4n) is 4.02. The highest BCUT2D eigenvalue weighted by Crippen LogP contribution is 2.41. The number of nitrogens with one attached hydrogen (secondary N) is 1. The maximum absolute atomic E-state index is 13.2. The zero-order chi connectivity index (χ0) is 15.9. The van der Waals surface area contributed by atoms with E-state index in [1.807, 2.05) is 36.4 Å². The van der Waals surface area contributed by atoms with E-state index < -0.39 is 10.0 Å². The monoisotopic (exact) mass is 330 g/mol. The van der Waals surface area contributed by atoms with Crippen LogP contribution in [0.1, 0.15) is 19.3 Å². The van der Waals surface area contributed by atoms with Gasteiger partial charge in [0.15, 0.2) is 0 Å². The molecule has 0 saturated carbocycles. The standard InChI is InChI=1S/C18H22N2O2S/c21-23(22,17-7-3-5-15-4-1-2-6-16(15)17)20-13-10-18(14-20)8-11-19-12-9-18/h1-7,19H,8-14H2. The second kappa shape index (κ2) is 5.58. The largest absolute Gasteiger partial charge is 0.317 e. The molecule has 0 radical (unpaired) electrons. The van der Waals surface area contributed by atoms with Crippen LogP contribution >= 0.6 is 0 Å². The summed E-state index contributed by atoms with van der Waals surface area (Å²) < 4.78 is 28.1. The van der Waals surface area contributed by atoms with E-state index in [4.69, 9.17) is 0 Å². The summed E-state index contributed by atoms with van der Waals surface area (Å²) in [5.41, 5.74) is 0.183. The molecule has 0 amide bonds. The van der Waals surface area contributed by atoms with E-state index >= 15 is 0 Å². The first-order valence-corrected chi connectivity index (χ1v) is 9.74. The number of nitrogens with zero attached hydrogens (tertiary/aromatic N) is 1. The third kappa shape index (κ3) is 2.57. The van der Waals surface area contributed by atoms with Crippen molar-refractivity contribution in [3.05, 3.63) is 42.5 Å². The molecule has 4 rings (SSSR count). The first-order valence-electron chi connectivity index (χ1n) is 8.30. The van der Waals surface area contributed by atoms with Gasteiger partial charge in [-0.2, -0.15) is 4.31 Å². The normalized spacial score (nSPS) is 21.9. The summed E-state index contributed by atoms with van der Waals surface area (Å²) in [5, 5.41) is 5.17. The van der Waals surface area contributed by atoms with Crippen LogP contribution in [-0.4, -0.2) is 38.9 Å². The molecule has 2 aromatic carbocycles. The lowest BCUT2D eigenvalue weighted by atomic mass is 9.78. The molecule has 122 valence electrons. The Bertz CT molecular complexity index is 821. The molecule has 2 aliphatic heterocycles. The Kier molecular flexibility index (Phi) is 3.67. The van der Waals surface area contributed by atoms with E-state index in [0.717, 1.165) is 43.1 Å². The summed E-state index contributed by atoms with van der Waals surface area (Å²) in [4.78, 5) is 0.446. The highest BCUT2D eigenvalue weighted by Gasteiger charge is 2.43. The molecule has 5 heteroatoms. The number of hydrogen-bond donors (Lipinski definition) is 1. The Morgan fingerprint density at radius 3 is 2.52 bits per heavy atom. The molecule has 0 aromatic heterocycles. The summed E-state index contributed by atoms with van der Waals surface area (Å²) in [6.07, 6.45) is 3.14. The molecule has 2 saturated heterocycles. The first-order chi connectivity index (χ1) is 11.1. The lowest BCUT2D eigenvalue weighted by molar-refractivity contribution is 0.218. The fourth-order valence-corrected chi connectivity index (χ4v) is 5.79. The van der Waals surface area contributed by atoms with Gasteiger partial charge >= 0.3 is 0 Å². The SMILES string of the molecule is O=S(=O)(c1cccc2ccccc12)N1CCC2(CCNCC2)C1. The Balaban J connectivity index is 1.70. The van der Waals surface area contributed by atoms with Crippen LogP contribution in [0.3, 0.4) is 0 Å². The van der Waals surface area contributed by atoms with Gasteiger partial charge < -0.3 is 5.32 Å². The molecule has 0 bridgehead atoms. The molecule has 0 aliphatic carbocycles. The van der Waals surface area contributed by atoms with Gasteiger partial charge in [0.1, 0.15) is 0 Å². The van der Waals surface area contributed by atoms with Gasteiger partial charge in [0, 0.05) is 18.5 Å². The van der Waals surface area contributed by atoms with Gasteiger partial charge in [0.05, 0.1) is 4.90 Å². The van der Waals surface area contributed by atoms with Crippen LogP contribution in [0.2, 0.25) is 0 Å². The molecule has 2 aromatic rings. The molecule has 4 nitrogen and oxygen atoms in total. The van der Waals surface area contributed by atoms with E-state index in [9.17, 15) is 8.42 Å². The number of benzene rings is 2. The number of sulfonamides is 1. The van der Waals surface area contributed by atoms with Crippen LogP contribution in [0.15, 0.2) is 47.4 Å². The maximum Gasteiger partial charge on any atom is 0.243 e. The van der Waals surface area contributed by atoms with Gasteiger partial charge in [-0.05, 0) is 49.2 Å². The van der Waals surface area contributed by atoms with Crippen LogP contribution in [0.5, 0.6) is 0 Å². The summed E-state index contributed by atoms with van der Waals surface area (Å²) in [7, 11) is -3.43. The summed E-state index contributed by atoms with van der Waals surface area (Å²) >= 11 is 0. The molecule has 2 aliphatic rings. The van der Waals surface area contributed by atoms with Crippen molar-refractivity contribution in [3.63, 3.8) is 0 Å². The van der Waals surface area contributed by atoms with Crippen molar-refractivity contribution < 1.29 is 8.42 Å². The van der Waals surface area contributed by atoms with Crippen molar-refractivity contribution >= 4 is 20.8 Å². The highest BCUT2D eigenvalue weighted by atomic mass is 32.2. The highest BCUT2D eigenvalue weighted by molar-refractivity contribution is 7.89. The minimum absolute atomic E-state index is 0.183. The number of hydrogen-bond acceptors (Lipinski definition) is 3. The molecule has 0 unspecified atom stereocenters. The quantitative estimate of drug-likeness (QED) is 0.921. The zero-order valence-corrected chi connectivity index (χ0v) is 14.0. The molecule has 2 heterocycles. The summed E-state index contributed by atoms with van der Waals surface area (Å²) in [5.74, 6) is 0. The average Bonchev–Trinajstić information content (AvgIpc) is 2.99. The van der Waals surface area contributed by atoms with Gasteiger partial charge in [-0.3, -0.25) is 0 Å². The maximum atomic E-state index is 13.2. The van der Waals surface area contributed by atoms with Gasteiger partial charge in [0.25, 0.3) is 0 Å². The van der Waals surface area contributed by atoms with Gasteiger partial charge in [-0.15, -0.1) is 0 Å². The predicted octanol–water partition coefficient (Wildman–Crippen LogP) is 2.60. The summed E-state index contributed by atoms with van der Waals surface area (Å²) in [6.45, 7) is 3.32.